The SMILES string of the molecule is Cc1cnc(Cl)nc1N1CCC(C(C)O)CC1. The molecule has 1 aromatic rings. The van der Waals surface area contributed by atoms with Gasteiger partial charge in [0, 0.05) is 24.8 Å². The molecule has 0 aromatic carbocycles. The molecule has 1 atom stereocenters. The number of aliphatic hydroxyl groups excluding tert-OH is 1. The van der Waals surface area contributed by atoms with Crippen molar-refractivity contribution in [3.05, 3.63) is 17.0 Å². The lowest BCUT2D eigenvalue weighted by molar-refractivity contribution is 0.109. The second-order valence-corrected chi connectivity index (χ2v) is 5.05. The van der Waals surface area contributed by atoms with Crippen molar-refractivity contribution in [2.45, 2.75) is 32.8 Å². The van der Waals surface area contributed by atoms with Crippen molar-refractivity contribution in [3.8, 4) is 0 Å². The number of nitrogens with zero attached hydrogens (tertiary/aromatic N) is 3. The average Bonchev–Trinajstić information content (AvgIpc) is 2.32. The van der Waals surface area contributed by atoms with E-state index in [1.165, 1.54) is 0 Å². The fraction of sp³-hybridized carbons (Fsp3) is 0.667. The molecule has 0 saturated carbocycles. The van der Waals surface area contributed by atoms with Crippen molar-refractivity contribution in [1.82, 2.24) is 9.97 Å². The van der Waals surface area contributed by atoms with Crippen LogP contribution in [0.4, 0.5) is 5.82 Å². The van der Waals surface area contributed by atoms with Crippen LogP contribution in [0.2, 0.25) is 5.28 Å². The number of hydrogen-bond donors (Lipinski definition) is 1. The van der Waals surface area contributed by atoms with Crippen LogP contribution in [-0.4, -0.2) is 34.3 Å². The predicted molar refractivity (Wildman–Crippen MR) is 68.4 cm³/mol. The van der Waals surface area contributed by atoms with Crippen molar-refractivity contribution in [2.75, 3.05) is 18.0 Å². The van der Waals surface area contributed by atoms with Crippen molar-refractivity contribution < 1.29 is 5.11 Å². The topological polar surface area (TPSA) is 49.2 Å². The van der Waals surface area contributed by atoms with Gasteiger partial charge in [0.1, 0.15) is 5.82 Å². The lowest BCUT2D eigenvalue weighted by Crippen LogP contribution is -2.37. The molecule has 2 rings (SSSR count). The van der Waals surface area contributed by atoms with Crippen LogP contribution < -0.4 is 4.90 Å². The van der Waals surface area contributed by atoms with Gasteiger partial charge in [0.25, 0.3) is 0 Å². The number of aromatic nitrogens is 2. The van der Waals surface area contributed by atoms with Gasteiger partial charge in [-0.15, -0.1) is 0 Å². The van der Waals surface area contributed by atoms with Gasteiger partial charge >= 0.3 is 0 Å². The highest BCUT2D eigenvalue weighted by atomic mass is 35.5. The minimum absolute atomic E-state index is 0.216. The number of halogens is 1. The molecule has 0 spiro atoms. The normalized spacial score (nSPS) is 19.4. The fourth-order valence-electron chi connectivity index (χ4n) is 2.33. The summed E-state index contributed by atoms with van der Waals surface area (Å²) in [5.41, 5.74) is 1.05. The molecule has 1 aliphatic heterocycles. The van der Waals surface area contributed by atoms with E-state index in [9.17, 15) is 5.11 Å². The van der Waals surface area contributed by atoms with Gasteiger partial charge in [0.05, 0.1) is 6.10 Å². The highest BCUT2D eigenvalue weighted by Crippen LogP contribution is 2.26. The molecule has 1 aromatic heterocycles. The van der Waals surface area contributed by atoms with Gasteiger partial charge in [-0.1, -0.05) is 0 Å². The molecule has 4 nitrogen and oxygen atoms in total. The summed E-state index contributed by atoms with van der Waals surface area (Å²) >= 11 is 5.83. The Kier molecular flexibility index (Phi) is 3.84. The van der Waals surface area contributed by atoms with E-state index in [1.54, 1.807) is 6.20 Å². The van der Waals surface area contributed by atoms with Gasteiger partial charge in [-0.3, -0.25) is 0 Å². The van der Waals surface area contributed by atoms with Crippen LogP contribution in [0.1, 0.15) is 25.3 Å². The van der Waals surface area contributed by atoms with E-state index in [2.05, 4.69) is 14.9 Å². The monoisotopic (exact) mass is 255 g/mol. The Bertz CT molecular complexity index is 389. The molecule has 0 amide bonds. The standard InChI is InChI=1S/C12H18ClN3O/c1-8-7-14-12(13)15-11(8)16-5-3-10(4-6-16)9(2)17/h7,9-10,17H,3-6H2,1-2H3. The maximum atomic E-state index is 9.57. The first-order valence-electron chi connectivity index (χ1n) is 6.00. The van der Waals surface area contributed by atoms with Crippen molar-refractivity contribution in [2.24, 2.45) is 5.92 Å². The lowest BCUT2D eigenvalue weighted by atomic mass is 9.92. The summed E-state index contributed by atoms with van der Waals surface area (Å²) in [6, 6.07) is 0. The van der Waals surface area contributed by atoms with Gasteiger partial charge in [0.15, 0.2) is 0 Å². The Morgan fingerprint density at radius 3 is 2.71 bits per heavy atom. The first-order chi connectivity index (χ1) is 8.08. The summed E-state index contributed by atoms with van der Waals surface area (Å²) in [4.78, 5) is 10.5. The second kappa shape index (κ2) is 5.19. The Labute approximate surface area is 107 Å². The molecule has 1 fully saturated rings. The highest BCUT2D eigenvalue weighted by Gasteiger charge is 2.24. The maximum absolute atomic E-state index is 9.57. The fourth-order valence-corrected chi connectivity index (χ4v) is 2.45. The van der Waals surface area contributed by atoms with Gasteiger partial charge in [0.2, 0.25) is 5.28 Å². The number of aryl methyl sites for hydroxylation is 1. The van der Waals surface area contributed by atoms with Crippen LogP contribution in [-0.2, 0) is 0 Å². The molecular weight excluding hydrogens is 238 g/mol. The minimum atomic E-state index is -0.216. The third-order valence-electron chi connectivity index (χ3n) is 3.44. The van der Waals surface area contributed by atoms with E-state index in [-0.39, 0.29) is 6.10 Å². The van der Waals surface area contributed by atoms with Crippen LogP contribution in [0.5, 0.6) is 0 Å². The predicted octanol–water partition coefficient (Wildman–Crippen LogP) is 2.04. The molecular formula is C12H18ClN3O. The van der Waals surface area contributed by atoms with E-state index in [0.717, 1.165) is 37.3 Å². The summed E-state index contributed by atoms with van der Waals surface area (Å²) in [5.74, 6) is 1.33. The van der Waals surface area contributed by atoms with Gasteiger partial charge in [-0.25, -0.2) is 9.97 Å². The van der Waals surface area contributed by atoms with Crippen LogP contribution in [0, 0.1) is 12.8 Å². The molecule has 1 N–H and O–H groups in total. The number of anilines is 1. The molecule has 17 heavy (non-hydrogen) atoms. The number of hydrogen-bond acceptors (Lipinski definition) is 4. The minimum Gasteiger partial charge on any atom is -0.393 e. The van der Waals surface area contributed by atoms with Gasteiger partial charge in [-0.2, -0.15) is 0 Å². The molecule has 5 heteroatoms. The van der Waals surface area contributed by atoms with E-state index < -0.39 is 0 Å². The van der Waals surface area contributed by atoms with Crippen molar-refractivity contribution >= 4 is 17.4 Å². The molecule has 0 radical (unpaired) electrons. The molecule has 0 bridgehead atoms. The zero-order chi connectivity index (χ0) is 12.4. The highest BCUT2D eigenvalue weighted by molar-refractivity contribution is 6.28. The number of aliphatic hydroxyl groups is 1. The number of piperidine rings is 1. The van der Waals surface area contributed by atoms with Gasteiger partial charge < -0.3 is 10.0 Å². The Morgan fingerprint density at radius 1 is 1.47 bits per heavy atom. The summed E-state index contributed by atoms with van der Waals surface area (Å²) in [6.45, 7) is 5.70. The van der Waals surface area contributed by atoms with Crippen LogP contribution >= 0.6 is 11.6 Å². The quantitative estimate of drug-likeness (QED) is 0.822. The summed E-state index contributed by atoms with van der Waals surface area (Å²) in [5, 5.41) is 9.86. The van der Waals surface area contributed by atoms with Gasteiger partial charge in [-0.05, 0) is 44.2 Å². The summed E-state index contributed by atoms with van der Waals surface area (Å²) < 4.78 is 0. The zero-order valence-corrected chi connectivity index (χ0v) is 11.0. The summed E-state index contributed by atoms with van der Waals surface area (Å²) in [7, 11) is 0. The van der Waals surface area contributed by atoms with Crippen molar-refractivity contribution in [1.29, 1.82) is 0 Å². The maximum Gasteiger partial charge on any atom is 0.224 e. The molecule has 1 aliphatic rings. The van der Waals surface area contributed by atoms with E-state index >= 15 is 0 Å². The number of rotatable bonds is 2. The first kappa shape index (κ1) is 12.6. The van der Waals surface area contributed by atoms with E-state index in [0.29, 0.717) is 11.2 Å². The Balaban J connectivity index is 2.07. The average molecular weight is 256 g/mol. The zero-order valence-electron chi connectivity index (χ0n) is 10.2. The van der Waals surface area contributed by atoms with Crippen LogP contribution in [0.25, 0.3) is 0 Å². The van der Waals surface area contributed by atoms with E-state index in [1.807, 2.05) is 13.8 Å². The largest absolute Gasteiger partial charge is 0.393 e. The Morgan fingerprint density at radius 2 is 2.12 bits per heavy atom. The second-order valence-electron chi connectivity index (χ2n) is 4.71. The molecule has 1 saturated heterocycles. The first-order valence-corrected chi connectivity index (χ1v) is 6.38. The molecule has 1 unspecified atom stereocenters. The van der Waals surface area contributed by atoms with Crippen molar-refractivity contribution in [3.63, 3.8) is 0 Å². The third-order valence-corrected chi connectivity index (χ3v) is 3.62. The third kappa shape index (κ3) is 2.87. The molecule has 94 valence electrons. The van der Waals surface area contributed by atoms with Crippen LogP contribution in [0.3, 0.4) is 0 Å². The molecule has 2 heterocycles. The molecule has 0 aliphatic carbocycles. The van der Waals surface area contributed by atoms with E-state index in [4.69, 9.17) is 11.6 Å². The van der Waals surface area contributed by atoms with Crippen LogP contribution in [0.15, 0.2) is 6.20 Å². The Hall–Kier alpha value is -0.870. The summed E-state index contributed by atoms with van der Waals surface area (Å²) in [6.07, 6.45) is 3.54. The smallest absolute Gasteiger partial charge is 0.224 e. The lowest BCUT2D eigenvalue weighted by Gasteiger charge is -2.34.